The largest absolute Gasteiger partial charge is 0.398 e. The summed E-state index contributed by atoms with van der Waals surface area (Å²) in [5.74, 6) is -0.778. The highest BCUT2D eigenvalue weighted by atomic mass is 16.2. The molecule has 2 aromatic carbocycles. The number of fused-ring (bicyclic) bond motifs is 1. The van der Waals surface area contributed by atoms with Crippen LogP contribution in [0.15, 0.2) is 42.5 Å². The first-order valence-corrected chi connectivity index (χ1v) is 8.08. The Labute approximate surface area is 145 Å². The number of benzene rings is 2. The highest BCUT2D eigenvalue weighted by Crippen LogP contribution is 2.23. The molecule has 0 atom stereocenters. The lowest BCUT2D eigenvalue weighted by molar-refractivity contribution is -0.116. The maximum absolute atomic E-state index is 12.2. The van der Waals surface area contributed by atoms with Crippen molar-refractivity contribution in [2.45, 2.75) is 19.8 Å². The SMILES string of the molecule is Cc1ccc(NC(=O)CCCN2C(=O)c3ccccc3C2=O)cc1N. The molecule has 0 fully saturated rings. The molecule has 2 aromatic rings. The molecule has 128 valence electrons. The topological polar surface area (TPSA) is 92.5 Å². The molecule has 1 heterocycles. The van der Waals surface area contributed by atoms with E-state index in [0.717, 1.165) is 5.56 Å². The van der Waals surface area contributed by atoms with Gasteiger partial charge in [-0.2, -0.15) is 0 Å². The summed E-state index contributed by atoms with van der Waals surface area (Å²) < 4.78 is 0. The van der Waals surface area contributed by atoms with Crippen LogP contribution in [0.4, 0.5) is 11.4 Å². The minimum atomic E-state index is -0.299. The van der Waals surface area contributed by atoms with Crippen LogP contribution in [0.2, 0.25) is 0 Å². The Morgan fingerprint density at radius 1 is 1.08 bits per heavy atom. The van der Waals surface area contributed by atoms with E-state index >= 15 is 0 Å². The second-order valence-corrected chi connectivity index (χ2v) is 6.03. The van der Waals surface area contributed by atoms with Gasteiger partial charge in [0.05, 0.1) is 11.1 Å². The van der Waals surface area contributed by atoms with E-state index in [4.69, 9.17) is 5.73 Å². The predicted octanol–water partition coefficient (Wildman–Crippen LogP) is 2.59. The number of nitrogen functional groups attached to an aromatic ring is 1. The van der Waals surface area contributed by atoms with Crippen LogP contribution in [0, 0.1) is 6.92 Å². The molecular weight excluding hydrogens is 318 g/mol. The quantitative estimate of drug-likeness (QED) is 0.648. The smallest absolute Gasteiger partial charge is 0.261 e. The molecule has 0 radical (unpaired) electrons. The fraction of sp³-hybridized carbons (Fsp3) is 0.211. The van der Waals surface area contributed by atoms with Gasteiger partial charge in [0, 0.05) is 24.3 Å². The van der Waals surface area contributed by atoms with Crippen LogP contribution in [0.25, 0.3) is 0 Å². The third kappa shape index (κ3) is 3.38. The fourth-order valence-electron chi connectivity index (χ4n) is 2.78. The average molecular weight is 337 g/mol. The Morgan fingerprint density at radius 2 is 1.72 bits per heavy atom. The molecule has 3 amide bonds. The summed E-state index contributed by atoms with van der Waals surface area (Å²) in [6.07, 6.45) is 0.611. The van der Waals surface area contributed by atoms with Gasteiger partial charge in [-0.25, -0.2) is 0 Å². The van der Waals surface area contributed by atoms with Crippen LogP contribution in [0.3, 0.4) is 0 Å². The molecule has 25 heavy (non-hydrogen) atoms. The van der Waals surface area contributed by atoms with Gasteiger partial charge in [-0.1, -0.05) is 18.2 Å². The van der Waals surface area contributed by atoms with Gasteiger partial charge in [-0.3, -0.25) is 19.3 Å². The number of carbonyl (C=O) groups excluding carboxylic acids is 3. The zero-order valence-corrected chi connectivity index (χ0v) is 13.9. The van der Waals surface area contributed by atoms with E-state index in [9.17, 15) is 14.4 Å². The molecule has 1 aliphatic rings. The highest BCUT2D eigenvalue weighted by Gasteiger charge is 2.34. The lowest BCUT2D eigenvalue weighted by atomic mass is 10.1. The van der Waals surface area contributed by atoms with E-state index in [1.165, 1.54) is 4.90 Å². The Morgan fingerprint density at radius 3 is 2.32 bits per heavy atom. The molecular formula is C19H19N3O3. The summed E-state index contributed by atoms with van der Waals surface area (Å²) in [6.45, 7) is 2.11. The van der Waals surface area contributed by atoms with Gasteiger partial charge in [0.25, 0.3) is 11.8 Å². The van der Waals surface area contributed by atoms with E-state index in [2.05, 4.69) is 5.32 Å². The number of amides is 3. The van der Waals surface area contributed by atoms with E-state index in [1.54, 1.807) is 36.4 Å². The number of carbonyl (C=O) groups is 3. The molecule has 3 rings (SSSR count). The van der Waals surface area contributed by atoms with Crippen molar-refractivity contribution < 1.29 is 14.4 Å². The Hall–Kier alpha value is -3.15. The normalized spacial score (nSPS) is 13.1. The van der Waals surface area contributed by atoms with Crippen molar-refractivity contribution in [3.05, 3.63) is 59.2 Å². The van der Waals surface area contributed by atoms with Crippen molar-refractivity contribution in [3.63, 3.8) is 0 Å². The monoisotopic (exact) mass is 337 g/mol. The molecule has 3 N–H and O–H groups in total. The van der Waals surface area contributed by atoms with Crippen LogP contribution < -0.4 is 11.1 Å². The maximum atomic E-state index is 12.2. The zero-order chi connectivity index (χ0) is 18.0. The first kappa shape index (κ1) is 16.7. The Bertz CT molecular complexity index is 826. The number of nitrogens with one attached hydrogen (secondary N) is 1. The number of hydrogen-bond donors (Lipinski definition) is 2. The molecule has 1 aliphatic heterocycles. The van der Waals surface area contributed by atoms with Crippen LogP contribution in [0.5, 0.6) is 0 Å². The van der Waals surface area contributed by atoms with E-state index < -0.39 is 0 Å². The van der Waals surface area contributed by atoms with Crippen molar-refractivity contribution in [2.75, 3.05) is 17.6 Å². The van der Waals surface area contributed by atoms with Crippen molar-refractivity contribution in [1.29, 1.82) is 0 Å². The second kappa shape index (κ2) is 6.76. The van der Waals surface area contributed by atoms with Crippen LogP contribution >= 0.6 is 0 Å². The van der Waals surface area contributed by atoms with Gasteiger partial charge < -0.3 is 11.1 Å². The van der Waals surface area contributed by atoms with Gasteiger partial charge in [0.15, 0.2) is 0 Å². The molecule has 0 spiro atoms. The van der Waals surface area contributed by atoms with Gasteiger partial charge in [0.1, 0.15) is 0 Å². The van der Waals surface area contributed by atoms with Gasteiger partial charge in [-0.15, -0.1) is 0 Å². The maximum Gasteiger partial charge on any atom is 0.261 e. The molecule has 6 nitrogen and oxygen atoms in total. The number of nitrogens with zero attached hydrogens (tertiary/aromatic N) is 1. The standard InChI is InChI=1S/C19H19N3O3/c1-12-8-9-13(11-16(12)20)21-17(23)7-4-10-22-18(24)14-5-2-3-6-15(14)19(22)25/h2-3,5-6,8-9,11H,4,7,10,20H2,1H3,(H,21,23). The summed E-state index contributed by atoms with van der Waals surface area (Å²) >= 11 is 0. The zero-order valence-electron chi connectivity index (χ0n) is 13.9. The Kier molecular flexibility index (Phi) is 4.52. The minimum absolute atomic E-state index is 0.181. The second-order valence-electron chi connectivity index (χ2n) is 6.03. The Balaban J connectivity index is 1.53. The van der Waals surface area contributed by atoms with Gasteiger partial charge in [-0.05, 0) is 43.2 Å². The number of anilines is 2. The minimum Gasteiger partial charge on any atom is -0.398 e. The molecule has 0 bridgehead atoms. The number of nitrogens with two attached hydrogens (primary N) is 1. The third-order valence-electron chi connectivity index (χ3n) is 4.23. The summed E-state index contributed by atoms with van der Waals surface area (Å²) in [5.41, 5.74) is 8.86. The highest BCUT2D eigenvalue weighted by molar-refractivity contribution is 6.21. The lowest BCUT2D eigenvalue weighted by Gasteiger charge is -2.13. The molecule has 0 aliphatic carbocycles. The van der Waals surface area contributed by atoms with E-state index in [1.807, 2.05) is 13.0 Å². The van der Waals surface area contributed by atoms with Crippen molar-refractivity contribution >= 4 is 29.1 Å². The first-order chi connectivity index (χ1) is 12.0. The van der Waals surface area contributed by atoms with Crippen LogP contribution in [0.1, 0.15) is 39.1 Å². The average Bonchev–Trinajstić information content (AvgIpc) is 2.83. The summed E-state index contributed by atoms with van der Waals surface area (Å²) in [5, 5.41) is 2.77. The van der Waals surface area contributed by atoms with Crippen molar-refractivity contribution in [1.82, 2.24) is 4.90 Å². The molecule has 6 heteroatoms. The summed E-state index contributed by atoms with van der Waals surface area (Å²) in [7, 11) is 0. The molecule has 0 aromatic heterocycles. The van der Waals surface area contributed by atoms with Crippen LogP contribution in [-0.4, -0.2) is 29.2 Å². The predicted molar refractivity (Wildman–Crippen MR) is 95.3 cm³/mol. The molecule has 0 saturated carbocycles. The molecule has 0 unspecified atom stereocenters. The van der Waals surface area contributed by atoms with E-state index in [-0.39, 0.29) is 30.7 Å². The number of hydrogen-bond acceptors (Lipinski definition) is 4. The van der Waals surface area contributed by atoms with E-state index in [0.29, 0.717) is 28.9 Å². The third-order valence-corrected chi connectivity index (χ3v) is 4.23. The number of rotatable bonds is 5. The number of aryl methyl sites for hydroxylation is 1. The van der Waals surface area contributed by atoms with Crippen molar-refractivity contribution in [3.8, 4) is 0 Å². The fourth-order valence-corrected chi connectivity index (χ4v) is 2.78. The number of imide groups is 1. The van der Waals surface area contributed by atoms with Gasteiger partial charge in [0.2, 0.25) is 5.91 Å². The van der Waals surface area contributed by atoms with Crippen LogP contribution in [-0.2, 0) is 4.79 Å². The van der Waals surface area contributed by atoms with Gasteiger partial charge >= 0.3 is 0 Å². The summed E-state index contributed by atoms with van der Waals surface area (Å²) in [6, 6.07) is 12.1. The first-order valence-electron chi connectivity index (χ1n) is 8.08. The van der Waals surface area contributed by atoms with Crippen molar-refractivity contribution in [2.24, 2.45) is 0 Å². The molecule has 0 saturated heterocycles. The lowest BCUT2D eigenvalue weighted by Crippen LogP contribution is -2.31. The summed E-state index contributed by atoms with van der Waals surface area (Å²) in [4.78, 5) is 37.7.